The summed E-state index contributed by atoms with van der Waals surface area (Å²) in [6.07, 6.45) is 6.78. The molecule has 0 radical (unpaired) electrons. The summed E-state index contributed by atoms with van der Waals surface area (Å²) in [7, 11) is 0. The number of hydrogen-bond donors (Lipinski definition) is 3. The highest BCUT2D eigenvalue weighted by molar-refractivity contribution is 5.91. The molecule has 2 saturated heterocycles. The summed E-state index contributed by atoms with van der Waals surface area (Å²) in [5.41, 5.74) is 0.844. The molecule has 35 heavy (non-hydrogen) atoms. The Bertz CT molecular complexity index is 842. The third-order valence-electron chi connectivity index (χ3n) is 6.48. The summed E-state index contributed by atoms with van der Waals surface area (Å²) >= 11 is 0. The van der Waals surface area contributed by atoms with E-state index in [1.165, 1.54) is 0 Å². The Labute approximate surface area is 207 Å². The second-order valence-electron chi connectivity index (χ2n) is 9.27. The van der Waals surface area contributed by atoms with Gasteiger partial charge in [-0.2, -0.15) is 5.10 Å². The number of piperidine rings is 1. The number of hydrazone groups is 1. The molecule has 3 rings (SSSR count). The maximum atomic E-state index is 13.3. The number of hydrogen-bond acceptors (Lipinski definition) is 6. The van der Waals surface area contributed by atoms with Crippen LogP contribution in [0.1, 0.15) is 50.5 Å². The largest absolute Gasteiger partial charge is 0.445 e. The average Bonchev–Trinajstić information content (AvgIpc) is 3.16. The lowest BCUT2D eigenvalue weighted by Gasteiger charge is -2.31. The van der Waals surface area contributed by atoms with Crippen molar-refractivity contribution in [3.05, 3.63) is 35.9 Å². The predicted octanol–water partition coefficient (Wildman–Crippen LogP) is 1.80. The Morgan fingerprint density at radius 1 is 1.09 bits per heavy atom. The van der Waals surface area contributed by atoms with Gasteiger partial charge in [0, 0.05) is 32.7 Å². The van der Waals surface area contributed by atoms with Crippen molar-refractivity contribution in [2.75, 3.05) is 32.7 Å². The van der Waals surface area contributed by atoms with Gasteiger partial charge in [0.15, 0.2) is 0 Å². The van der Waals surface area contributed by atoms with Crippen molar-refractivity contribution >= 4 is 24.2 Å². The minimum atomic E-state index is -0.969. The number of carbonyl (C=O) groups excluding carboxylic acids is 3. The van der Waals surface area contributed by atoms with Crippen LogP contribution in [0.5, 0.6) is 0 Å². The Morgan fingerprint density at radius 2 is 1.83 bits per heavy atom. The Balaban J connectivity index is 1.55. The first-order valence-electron chi connectivity index (χ1n) is 12.5. The number of rotatable bonds is 9. The van der Waals surface area contributed by atoms with Gasteiger partial charge in [0.1, 0.15) is 19.0 Å². The van der Waals surface area contributed by atoms with Crippen LogP contribution < -0.4 is 16.5 Å². The van der Waals surface area contributed by atoms with Crippen molar-refractivity contribution in [2.24, 2.45) is 16.9 Å². The molecule has 0 unspecified atom stereocenters. The van der Waals surface area contributed by atoms with Crippen LogP contribution in [-0.4, -0.2) is 72.8 Å². The normalized spacial score (nSPS) is 19.6. The first-order valence-corrected chi connectivity index (χ1v) is 12.5. The van der Waals surface area contributed by atoms with Crippen molar-refractivity contribution in [3.63, 3.8) is 0 Å². The van der Waals surface area contributed by atoms with Gasteiger partial charge < -0.3 is 31.0 Å². The van der Waals surface area contributed by atoms with E-state index in [2.05, 4.69) is 15.7 Å². The highest BCUT2D eigenvalue weighted by Gasteiger charge is 2.29. The summed E-state index contributed by atoms with van der Waals surface area (Å²) in [5, 5.41) is 9.17. The quantitative estimate of drug-likeness (QED) is 0.211. The summed E-state index contributed by atoms with van der Waals surface area (Å²) < 4.78 is 5.31. The van der Waals surface area contributed by atoms with Crippen molar-refractivity contribution in [2.45, 2.75) is 57.6 Å². The van der Waals surface area contributed by atoms with Crippen LogP contribution >= 0.6 is 0 Å². The molecular formula is C25H38N6O4. The van der Waals surface area contributed by atoms with E-state index >= 15 is 0 Å². The SMILES string of the molecule is NN=CN1CCC[C@@H](CNC(=O)C[C@H](NC(=O)OCc2ccccc2)C(=O)N2CCCCCC2)C1. The number of nitrogens with two attached hydrogens (primary N) is 1. The van der Waals surface area contributed by atoms with Crippen molar-refractivity contribution < 1.29 is 19.1 Å². The molecule has 10 nitrogen and oxygen atoms in total. The van der Waals surface area contributed by atoms with E-state index in [1.54, 1.807) is 11.2 Å². The average molecular weight is 487 g/mol. The van der Waals surface area contributed by atoms with Crippen molar-refractivity contribution in [1.82, 2.24) is 20.4 Å². The number of nitrogens with zero attached hydrogens (tertiary/aromatic N) is 3. The molecule has 4 N–H and O–H groups in total. The Morgan fingerprint density at radius 3 is 2.54 bits per heavy atom. The molecule has 0 aromatic heterocycles. The van der Waals surface area contributed by atoms with Gasteiger partial charge in [0.25, 0.3) is 0 Å². The van der Waals surface area contributed by atoms with Crippen molar-refractivity contribution in [1.29, 1.82) is 0 Å². The molecule has 2 aliphatic heterocycles. The van der Waals surface area contributed by atoms with E-state index in [0.29, 0.717) is 19.6 Å². The molecule has 2 heterocycles. The number of nitrogens with one attached hydrogen (secondary N) is 2. The van der Waals surface area contributed by atoms with Crippen LogP contribution in [0.2, 0.25) is 0 Å². The maximum absolute atomic E-state index is 13.3. The summed E-state index contributed by atoms with van der Waals surface area (Å²) in [5.74, 6) is 5.02. The lowest BCUT2D eigenvalue weighted by molar-refractivity contribution is -0.136. The van der Waals surface area contributed by atoms with Crippen LogP contribution in [0.4, 0.5) is 4.79 Å². The molecule has 3 amide bonds. The Hall–Kier alpha value is -3.30. The van der Waals surface area contributed by atoms with Crippen LogP contribution in [0.25, 0.3) is 0 Å². The monoisotopic (exact) mass is 486 g/mol. The summed E-state index contributed by atoms with van der Waals surface area (Å²) in [6, 6.07) is 8.35. The van der Waals surface area contributed by atoms with Gasteiger partial charge >= 0.3 is 6.09 Å². The first kappa shape index (κ1) is 26.3. The molecule has 192 valence electrons. The van der Waals surface area contributed by atoms with E-state index in [0.717, 1.165) is 57.2 Å². The van der Waals surface area contributed by atoms with Crippen molar-refractivity contribution in [3.8, 4) is 0 Å². The zero-order valence-corrected chi connectivity index (χ0v) is 20.4. The second kappa shape index (κ2) is 14.2. The third kappa shape index (κ3) is 9.11. The fourth-order valence-corrected chi connectivity index (χ4v) is 4.60. The highest BCUT2D eigenvalue weighted by atomic mass is 16.5. The van der Waals surface area contributed by atoms with Crippen LogP contribution in [0, 0.1) is 5.92 Å². The zero-order chi connectivity index (χ0) is 24.9. The number of ether oxygens (including phenoxy) is 1. The van der Waals surface area contributed by atoms with E-state index in [1.807, 2.05) is 35.2 Å². The van der Waals surface area contributed by atoms with E-state index in [4.69, 9.17) is 10.6 Å². The van der Waals surface area contributed by atoms with E-state index in [9.17, 15) is 14.4 Å². The fraction of sp³-hybridized carbons (Fsp3) is 0.600. The third-order valence-corrected chi connectivity index (χ3v) is 6.48. The van der Waals surface area contributed by atoms with Gasteiger partial charge in [0.2, 0.25) is 11.8 Å². The number of amides is 3. The molecule has 2 fully saturated rings. The van der Waals surface area contributed by atoms with Crippen LogP contribution in [0.15, 0.2) is 35.4 Å². The molecule has 0 spiro atoms. The molecular weight excluding hydrogens is 448 g/mol. The summed E-state index contributed by atoms with van der Waals surface area (Å²) in [4.78, 5) is 42.3. The molecule has 1 aromatic rings. The fourth-order valence-electron chi connectivity index (χ4n) is 4.60. The van der Waals surface area contributed by atoms with Crippen LogP contribution in [-0.2, 0) is 20.9 Å². The van der Waals surface area contributed by atoms with Gasteiger partial charge in [0.05, 0.1) is 6.42 Å². The van der Waals surface area contributed by atoms with Gasteiger partial charge in [-0.3, -0.25) is 9.59 Å². The minimum absolute atomic E-state index is 0.0910. The lowest BCUT2D eigenvalue weighted by atomic mass is 9.98. The minimum Gasteiger partial charge on any atom is -0.445 e. The van der Waals surface area contributed by atoms with Crippen LogP contribution in [0.3, 0.4) is 0 Å². The molecule has 2 aliphatic rings. The maximum Gasteiger partial charge on any atom is 0.408 e. The molecule has 10 heteroatoms. The van der Waals surface area contributed by atoms with E-state index < -0.39 is 12.1 Å². The molecule has 0 bridgehead atoms. The number of likely N-dealkylation sites (tertiary alicyclic amines) is 2. The van der Waals surface area contributed by atoms with Gasteiger partial charge in [-0.1, -0.05) is 43.2 Å². The highest BCUT2D eigenvalue weighted by Crippen LogP contribution is 2.15. The molecule has 0 aliphatic carbocycles. The standard InChI is InChI=1S/C25H38N6O4/c26-28-19-30-12-8-11-21(17-30)16-27-23(32)15-22(24(33)31-13-6-1-2-7-14-31)29-25(34)35-18-20-9-4-3-5-10-20/h3-5,9-10,19,21-22H,1-2,6-8,11-18,26H2,(H,27,32)(H,29,34)/t21-,22-/m0/s1. The smallest absolute Gasteiger partial charge is 0.408 e. The molecule has 1 aromatic carbocycles. The van der Waals surface area contributed by atoms with Gasteiger partial charge in [-0.05, 0) is 37.2 Å². The number of carbonyl (C=O) groups is 3. The predicted molar refractivity (Wildman–Crippen MR) is 133 cm³/mol. The van der Waals surface area contributed by atoms with Gasteiger partial charge in [-0.25, -0.2) is 4.79 Å². The first-order chi connectivity index (χ1) is 17.0. The number of benzene rings is 1. The molecule has 2 atom stereocenters. The molecule has 0 saturated carbocycles. The number of alkyl carbamates (subject to hydrolysis) is 1. The van der Waals surface area contributed by atoms with Gasteiger partial charge in [-0.15, -0.1) is 0 Å². The lowest BCUT2D eigenvalue weighted by Crippen LogP contribution is -2.51. The Kier molecular flexibility index (Phi) is 10.7. The van der Waals surface area contributed by atoms with E-state index in [-0.39, 0.29) is 30.8 Å². The second-order valence-corrected chi connectivity index (χ2v) is 9.27. The zero-order valence-electron chi connectivity index (χ0n) is 20.4. The topological polar surface area (TPSA) is 129 Å². The summed E-state index contributed by atoms with van der Waals surface area (Å²) in [6.45, 7) is 3.52.